The van der Waals surface area contributed by atoms with E-state index in [0.29, 0.717) is 12.2 Å². The third kappa shape index (κ3) is 1.31. The molecule has 1 aliphatic rings. The van der Waals surface area contributed by atoms with Gasteiger partial charge in [-0.1, -0.05) is 24.3 Å². The van der Waals surface area contributed by atoms with Crippen LogP contribution in [0.5, 0.6) is 0 Å². The molecule has 1 heteroatoms. The molecule has 2 rings (SSSR count). The van der Waals surface area contributed by atoms with Crippen LogP contribution in [0.2, 0.25) is 0 Å². The van der Waals surface area contributed by atoms with Gasteiger partial charge in [0.1, 0.15) is 0 Å². The number of benzene rings is 1. The number of allylic oxidation sites excluding steroid dienone is 1. The molecule has 0 atom stereocenters. The van der Waals surface area contributed by atoms with Gasteiger partial charge in [-0.15, -0.1) is 6.58 Å². The van der Waals surface area contributed by atoms with Crippen LogP contribution in [0.25, 0.3) is 0 Å². The van der Waals surface area contributed by atoms with Crippen LogP contribution in [0.1, 0.15) is 27.9 Å². The Morgan fingerprint density at radius 2 is 2.23 bits per heavy atom. The zero-order chi connectivity index (χ0) is 9.26. The predicted molar refractivity (Wildman–Crippen MR) is 53.0 cm³/mol. The second-order valence-corrected chi connectivity index (χ2v) is 3.36. The fraction of sp³-hybridized carbons (Fsp3) is 0.250. The lowest BCUT2D eigenvalue weighted by molar-refractivity contribution is 0.0994. The van der Waals surface area contributed by atoms with E-state index in [0.717, 1.165) is 18.4 Å². The first-order valence-electron chi connectivity index (χ1n) is 4.58. The van der Waals surface area contributed by atoms with E-state index in [1.54, 1.807) is 0 Å². The van der Waals surface area contributed by atoms with Crippen molar-refractivity contribution in [1.29, 1.82) is 0 Å². The number of hydrogen-bond donors (Lipinski definition) is 0. The lowest BCUT2D eigenvalue weighted by Gasteiger charge is -2.03. The summed E-state index contributed by atoms with van der Waals surface area (Å²) < 4.78 is 0. The van der Waals surface area contributed by atoms with Gasteiger partial charge in [-0.25, -0.2) is 0 Å². The Labute approximate surface area is 78.1 Å². The van der Waals surface area contributed by atoms with E-state index in [9.17, 15) is 4.79 Å². The van der Waals surface area contributed by atoms with Crippen LogP contribution in [0.15, 0.2) is 30.9 Å². The molecule has 13 heavy (non-hydrogen) atoms. The van der Waals surface area contributed by atoms with Crippen LogP contribution in [0.3, 0.4) is 0 Å². The molecule has 0 aromatic heterocycles. The Morgan fingerprint density at radius 1 is 1.38 bits per heavy atom. The molecule has 66 valence electrons. The van der Waals surface area contributed by atoms with Crippen LogP contribution in [-0.2, 0) is 12.8 Å². The SMILES string of the molecule is C=CCc1cccc2c1CCC2=O. The van der Waals surface area contributed by atoms with Crippen molar-refractivity contribution < 1.29 is 4.79 Å². The highest BCUT2D eigenvalue weighted by atomic mass is 16.1. The summed E-state index contributed by atoms with van der Waals surface area (Å²) in [5, 5.41) is 0. The molecule has 0 heterocycles. The zero-order valence-electron chi connectivity index (χ0n) is 7.55. The number of fused-ring (bicyclic) bond motifs is 1. The van der Waals surface area contributed by atoms with E-state index in [2.05, 4.69) is 12.6 Å². The number of carbonyl (C=O) groups is 1. The molecule has 0 aliphatic heterocycles. The summed E-state index contributed by atoms with van der Waals surface area (Å²) in [6.45, 7) is 3.72. The van der Waals surface area contributed by atoms with Crippen LogP contribution in [0.4, 0.5) is 0 Å². The summed E-state index contributed by atoms with van der Waals surface area (Å²) >= 11 is 0. The summed E-state index contributed by atoms with van der Waals surface area (Å²) in [4.78, 5) is 11.4. The van der Waals surface area contributed by atoms with Gasteiger partial charge in [0.15, 0.2) is 5.78 Å². The monoisotopic (exact) mass is 172 g/mol. The summed E-state index contributed by atoms with van der Waals surface area (Å²) in [5.74, 6) is 0.293. The molecule has 0 N–H and O–H groups in total. The molecule has 1 aliphatic carbocycles. The Morgan fingerprint density at radius 3 is 3.00 bits per heavy atom. The van der Waals surface area contributed by atoms with Crippen LogP contribution >= 0.6 is 0 Å². The molecule has 0 spiro atoms. The molecule has 1 aromatic carbocycles. The molecule has 0 saturated carbocycles. The largest absolute Gasteiger partial charge is 0.294 e. The maximum atomic E-state index is 11.4. The van der Waals surface area contributed by atoms with E-state index in [1.807, 2.05) is 18.2 Å². The van der Waals surface area contributed by atoms with Gasteiger partial charge < -0.3 is 0 Å². The zero-order valence-corrected chi connectivity index (χ0v) is 7.55. The standard InChI is InChI=1S/C12H12O/c1-2-4-9-5-3-6-11-10(9)7-8-12(11)13/h2-3,5-6H,1,4,7-8H2. The van der Waals surface area contributed by atoms with Gasteiger partial charge in [-0.2, -0.15) is 0 Å². The van der Waals surface area contributed by atoms with Gasteiger partial charge in [-0.05, 0) is 24.0 Å². The molecule has 1 nitrogen and oxygen atoms in total. The van der Waals surface area contributed by atoms with Crippen LogP contribution in [0, 0.1) is 0 Å². The quantitative estimate of drug-likeness (QED) is 0.626. The fourth-order valence-electron chi connectivity index (χ4n) is 1.91. The van der Waals surface area contributed by atoms with E-state index in [1.165, 1.54) is 11.1 Å². The second-order valence-electron chi connectivity index (χ2n) is 3.36. The Hall–Kier alpha value is -1.37. The summed E-state index contributed by atoms with van der Waals surface area (Å²) in [5.41, 5.74) is 3.44. The second kappa shape index (κ2) is 3.17. The minimum atomic E-state index is 0.293. The molecule has 0 bridgehead atoms. The number of hydrogen-bond acceptors (Lipinski definition) is 1. The fourth-order valence-corrected chi connectivity index (χ4v) is 1.91. The molecular weight excluding hydrogens is 160 g/mol. The highest BCUT2D eigenvalue weighted by molar-refractivity contribution is 6.00. The summed E-state index contributed by atoms with van der Waals surface area (Å²) in [6.07, 6.45) is 4.36. The maximum Gasteiger partial charge on any atom is 0.163 e. The number of ketones is 1. The highest BCUT2D eigenvalue weighted by Gasteiger charge is 2.20. The normalized spacial score (nSPS) is 14.3. The summed E-state index contributed by atoms with van der Waals surface area (Å²) in [6, 6.07) is 5.97. The Balaban J connectivity index is 2.50. The average molecular weight is 172 g/mol. The van der Waals surface area contributed by atoms with Gasteiger partial charge >= 0.3 is 0 Å². The van der Waals surface area contributed by atoms with Gasteiger partial charge in [0, 0.05) is 12.0 Å². The highest BCUT2D eigenvalue weighted by Crippen LogP contribution is 2.25. The van der Waals surface area contributed by atoms with Crippen molar-refractivity contribution in [3.05, 3.63) is 47.5 Å². The lowest BCUT2D eigenvalue weighted by atomic mass is 10.0. The first kappa shape index (κ1) is 8.24. The molecule has 0 saturated heterocycles. The first-order chi connectivity index (χ1) is 6.33. The van der Waals surface area contributed by atoms with E-state index < -0.39 is 0 Å². The summed E-state index contributed by atoms with van der Waals surface area (Å²) in [7, 11) is 0. The van der Waals surface area contributed by atoms with Crippen molar-refractivity contribution in [2.45, 2.75) is 19.3 Å². The van der Waals surface area contributed by atoms with Crippen molar-refractivity contribution in [3.8, 4) is 0 Å². The van der Waals surface area contributed by atoms with Gasteiger partial charge in [0.2, 0.25) is 0 Å². The predicted octanol–water partition coefficient (Wildman–Crippen LogP) is 2.54. The minimum Gasteiger partial charge on any atom is -0.294 e. The Bertz CT molecular complexity index is 363. The van der Waals surface area contributed by atoms with Gasteiger partial charge in [-0.3, -0.25) is 4.79 Å². The Kier molecular flexibility index (Phi) is 2.01. The number of rotatable bonds is 2. The van der Waals surface area contributed by atoms with E-state index in [4.69, 9.17) is 0 Å². The smallest absolute Gasteiger partial charge is 0.163 e. The van der Waals surface area contributed by atoms with Crippen LogP contribution < -0.4 is 0 Å². The topological polar surface area (TPSA) is 17.1 Å². The molecule has 0 unspecified atom stereocenters. The van der Waals surface area contributed by atoms with Gasteiger partial charge in [0.05, 0.1) is 0 Å². The lowest BCUT2D eigenvalue weighted by Crippen LogP contribution is -1.93. The number of Topliss-reactive ketones (excluding diaryl/α,β-unsaturated/α-hetero) is 1. The third-order valence-electron chi connectivity index (χ3n) is 2.54. The average Bonchev–Trinajstić information content (AvgIpc) is 2.50. The molecule has 0 fully saturated rings. The van der Waals surface area contributed by atoms with Crippen molar-refractivity contribution in [1.82, 2.24) is 0 Å². The molecule has 1 aromatic rings. The molecule has 0 amide bonds. The van der Waals surface area contributed by atoms with Gasteiger partial charge in [0.25, 0.3) is 0 Å². The van der Waals surface area contributed by atoms with E-state index >= 15 is 0 Å². The van der Waals surface area contributed by atoms with Crippen molar-refractivity contribution in [2.75, 3.05) is 0 Å². The third-order valence-corrected chi connectivity index (χ3v) is 2.54. The number of carbonyl (C=O) groups excluding carboxylic acids is 1. The maximum absolute atomic E-state index is 11.4. The minimum absolute atomic E-state index is 0.293. The first-order valence-corrected chi connectivity index (χ1v) is 4.58. The molecule has 0 radical (unpaired) electrons. The van der Waals surface area contributed by atoms with Crippen LogP contribution in [-0.4, -0.2) is 5.78 Å². The molecular formula is C12H12O. The van der Waals surface area contributed by atoms with Crippen molar-refractivity contribution >= 4 is 5.78 Å². The van der Waals surface area contributed by atoms with Crippen molar-refractivity contribution in [2.24, 2.45) is 0 Å². The van der Waals surface area contributed by atoms with E-state index in [-0.39, 0.29) is 0 Å². The van der Waals surface area contributed by atoms with Crippen molar-refractivity contribution in [3.63, 3.8) is 0 Å².